The molecule has 2 aliphatic carbocycles. The maximum Gasteiger partial charge on any atom is 0.119 e. The van der Waals surface area contributed by atoms with Gasteiger partial charge in [-0.3, -0.25) is 0 Å². The number of hydrogen-bond donors (Lipinski definition) is 0. The molecule has 0 heterocycles. The van der Waals surface area contributed by atoms with Crippen LogP contribution in [0.15, 0.2) is 0 Å². The second-order valence-corrected chi connectivity index (χ2v) is 3.67. The first-order chi connectivity index (χ1) is 4.71. The van der Waals surface area contributed by atoms with E-state index in [9.17, 15) is 8.78 Å². The Morgan fingerprint density at radius 3 is 2.10 bits per heavy atom. The molecule has 0 N–H and O–H groups in total. The number of hydrogen-bond acceptors (Lipinski definition) is 0. The first-order valence-electron chi connectivity index (χ1n) is 4.04. The van der Waals surface area contributed by atoms with Crippen LogP contribution in [-0.4, -0.2) is 11.8 Å². The van der Waals surface area contributed by atoms with Crippen molar-refractivity contribution in [3.63, 3.8) is 0 Å². The number of halogens is 2. The van der Waals surface area contributed by atoms with E-state index in [2.05, 4.69) is 0 Å². The Morgan fingerprint density at radius 2 is 1.80 bits per heavy atom. The summed E-state index contributed by atoms with van der Waals surface area (Å²) in [5.74, 6) is 0.208. The van der Waals surface area contributed by atoms with Crippen LogP contribution in [0.4, 0.5) is 8.78 Å². The van der Waals surface area contributed by atoms with Crippen LogP contribution >= 0.6 is 0 Å². The average Bonchev–Trinajstić information content (AvgIpc) is 1.54. The van der Waals surface area contributed by atoms with Gasteiger partial charge < -0.3 is 0 Å². The summed E-state index contributed by atoms with van der Waals surface area (Å²) in [7, 11) is 0. The van der Waals surface area contributed by atoms with E-state index in [0.717, 1.165) is 19.3 Å². The minimum atomic E-state index is -1.09. The molecule has 2 rings (SSSR count). The van der Waals surface area contributed by atoms with Crippen molar-refractivity contribution in [2.24, 2.45) is 5.92 Å². The van der Waals surface area contributed by atoms with Crippen LogP contribution in [-0.2, 0) is 0 Å². The molecule has 2 aliphatic rings. The van der Waals surface area contributed by atoms with Crippen molar-refractivity contribution in [1.82, 2.24) is 0 Å². The summed E-state index contributed by atoms with van der Waals surface area (Å²) in [6.45, 7) is 0. The Balaban J connectivity index is 1.91. The van der Waals surface area contributed by atoms with Crippen molar-refractivity contribution in [3.8, 4) is 0 Å². The lowest BCUT2D eigenvalue weighted by Crippen LogP contribution is -2.49. The molecule has 2 heteroatoms. The third-order valence-electron chi connectivity index (χ3n) is 2.96. The van der Waals surface area contributed by atoms with Gasteiger partial charge in [-0.2, -0.15) is 0 Å². The van der Waals surface area contributed by atoms with Gasteiger partial charge in [0.05, 0.1) is 0 Å². The molecule has 0 nitrogen and oxygen atoms in total. The van der Waals surface area contributed by atoms with Crippen LogP contribution in [0, 0.1) is 5.92 Å². The Hall–Kier alpha value is -0.140. The van der Waals surface area contributed by atoms with Crippen molar-refractivity contribution in [3.05, 3.63) is 0 Å². The predicted octanol–water partition coefficient (Wildman–Crippen LogP) is 2.63. The lowest BCUT2D eigenvalue weighted by Gasteiger charge is -2.46. The second kappa shape index (κ2) is 1.93. The first-order valence-corrected chi connectivity index (χ1v) is 4.04. The highest BCUT2D eigenvalue weighted by Gasteiger charge is 2.52. The minimum Gasteiger partial charge on any atom is -0.247 e. The number of alkyl halides is 2. The molecule has 0 saturated heterocycles. The fraction of sp³-hybridized carbons (Fsp3) is 1.00. The molecule has 2 fully saturated rings. The van der Waals surface area contributed by atoms with Gasteiger partial charge in [0.25, 0.3) is 0 Å². The quantitative estimate of drug-likeness (QED) is 0.533. The lowest BCUT2D eigenvalue weighted by molar-refractivity contribution is -0.0825. The maximum atomic E-state index is 13.4. The zero-order valence-electron chi connectivity index (χ0n) is 5.95. The van der Waals surface area contributed by atoms with E-state index in [1.165, 1.54) is 0 Å². The first kappa shape index (κ1) is 6.56. The Morgan fingerprint density at radius 1 is 1.20 bits per heavy atom. The highest BCUT2D eigenvalue weighted by Crippen LogP contribution is 2.51. The summed E-state index contributed by atoms with van der Waals surface area (Å²) in [5, 5.41) is 0. The van der Waals surface area contributed by atoms with Crippen LogP contribution in [0.2, 0.25) is 0 Å². The lowest BCUT2D eigenvalue weighted by atomic mass is 9.64. The summed E-state index contributed by atoms with van der Waals surface area (Å²) in [6, 6.07) is 0. The van der Waals surface area contributed by atoms with Gasteiger partial charge in [0.15, 0.2) is 0 Å². The largest absolute Gasteiger partial charge is 0.247 e. The molecular formula is C8H12F2. The molecule has 0 atom stereocenters. The smallest absolute Gasteiger partial charge is 0.119 e. The van der Waals surface area contributed by atoms with Crippen LogP contribution in [0.3, 0.4) is 0 Å². The molecule has 0 unspecified atom stereocenters. The Bertz CT molecular complexity index is 134. The van der Waals surface area contributed by atoms with Gasteiger partial charge in [-0.25, -0.2) is 8.78 Å². The fourth-order valence-electron chi connectivity index (χ4n) is 1.94. The van der Waals surface area contributed by atoms with E-state index < -0.39 is 11.8 Å². The van der Waals surface area contributed by atoms with E-state index in [4.69, 9.17) is 0 Å². The summed E-state index contributed by atoms with van der Waals surface area (Å²) < 4.78 is 25.7. The topological polar surface area (TPSA) is 0 Å². The second-order valence-electron chi connectivity index (χ2n) is 3.67. The maximum absolute atomic E-state index is 13.4. The van der Waals surface area contributed by atoms with Crippen LogP contribution in [0.1, 0.15) is 32.1 Å². The normalized spacial score (nSPS) is 48.0. The van der Waals surface area contributed by atoms with Crippen molar-refractivity contribution in [2.75, 3.05) is 0 Å². The van der Waals surface area contributed by atoms with E-state index in [1.807, 2.05) is 0 Å². The SMILES string of the molecule is FC1CC(F)(C2CCC2)C1. The summed E-state index contributed by atoms with van der Waals surface area (Å²) >= 11 is 0. The van der Waals surface area contributed by atoms with Gasteiger partial charge in [-0.05, 0) is 18.8 Å². The molecule has 0 bridgehead atoms. The average molecular weight is 146 g/mol. The van der Waals surface area contributed by atoms with E-state index in [1.54, 1.807) is 0 Å². The molecule has 0 spiro atoms. The highest BCUT2D eigenvalue weighted by molar-refractivity contribution is 5.02. The van der Waals surface area contributed by atoms with Gasteiger partial charge in [0, 0.05) is 12.8 Å². The molecule has 0 aromatic carbocycles. The Kier molecular flexibility index (Phi) is 1.26. The van der Waals surface area contributed by atoms with Crippen LogP contribution in [0.25, 0.3) is 0 Å². The van der Waals surface area contributed by atoms with E-state index in [-0.39, 0.29) is 18.8 Å². The monoisotopic (exact) mass is 146 g/mol. The van der Waals surface area contributed by atoms with E-state index in [0.29, 0.717) is 0 Å². The zero-order chi connectivity index (χ0) is 7.19. The molecular weight excluding hydrogens is 134 g/mol. The molecule has 10 heavy (non-hydrogen) atoms. The van der Waals surface area contributed by atoms with Crippen molar-refractivity contribution in [1.29, 1.82) is 0 Å². The van der Waals surface area contributed by atoms with Gasteiger partial charge in [-0.15, -0.1) is 0 Å². The van der Waals surface area contributed by atoms with Gasteiger partial charge in [-0.1, -0.05) is 6.42 Å². The fourth-order valence-corrected chi connectivity index (χ4v) is 1.94. The van der Waals surface area contributed by atoms with E-state index >= 15 is 0 Å². The predicted molar refractivity (Wildman–Crippen MR) is 35.3 cm³/mol. The zero-order valence-corrected chi connectivity index (χ0v) is 5.95. The third-order valence-corrected chi connectivity index (χ3v) is 2.96. The molecule has 0 aliphatic heterocycles. The molecule has 58 valence electrons. The standard InChI is InChI=1S/C8H12F2/c9-7-4-8(10,5-7)6-2-1-3-6/h6-7H,1-5H2. The highest BCUT2D eigenvalue weighted by atomic mass is 19.2. The number of rotatable bonds is 1. The molecule has 0 radical (unpaired) electrons. The third kappa shape index (κ3) is 0.774. The molecule has 2 saturated carbocycles. The van der Waals surface area contributed by atoms with Crippen molar-refractivity contribution in [2.45, 2.75) is 43.9 Å². The van der Waals surface area contributed by atoms with Crippen LogP contribution in [0.5, 0.6) is 0 Å². The Labute approximate surface area is 59.6 Å². The van der Waals surface area contributed by atoms with Gasteiger partial charge >= 0.3 is 0 Å². The molecule has 0 aromatic rings. The van der Waals surface area contributed by atoms with Crippen LogP contribution < -0.4 is 0 Å². The van der Waals surface area contributed by atoms with Crippen molar-refractivity contribution < 1.29 is 8.78 Å². The molecule has 0 aromatic heterocycles. The summed E-state index contributed by atoms with van der Waals surface area (Å²) in [6.07, 6.45) is 2.64. The summed E-state index contributed by atoms with van der Waals surface area (Å²) in [5.41, 5.74) is -1.09. The summed E-state index contributed by atoms with van der Waals surface area (Å²) in [4.78, 5) is 0. The molecule has 0 amide bonds. The van der Waals surface area contributed by atoms with Crippen molar-refractivity contribution >= 4 is 0 Å². The van der Waals surface area contributed by atoms with Gasteiger partial charge in [0.1, 0.15) is 11.8 Å². The van der Waals surface area contributed by atoms with Gasteiger partial charge in [0.2, 0.25) is 0 Å². The minimum absolute atomic E-state index is 0.178.